The number of nitrogens with zero attached hydrogens (tertiary/aromatic N) is 4. The number of fused-ring (bicyclic) bond motifs is 1. The number of hydrogen-bond acceptors (Lipinski definition) is 5. The number of ether oxygens (including phenoxy) is 1. The van der Waals surface area contributed by atoms with E-state index in [-0.39, 0.29) is 0 Å². The Kier molecular flexibility index (Phi) is 4.69. The summed E-state index contributed by atoms with van der Waals surface area (Å²) < 4.78 is 7.52. The molecule has 3 aromatic heterocycles. The van der Waals surface area contributed by atoms with E-state index < -0.39 is 5.41 Å². The van der Waals surface area contributed by atoms with Crippen LogP contribution in [0.4, 0.5) is 0 Å². The van der Waals surface area contributed by atoms with Crippen LogP contribution in [-0.4, -0.2) is 31.8 Å². The second-order valence-electron chi connectivity index (χ2n) is 7.99. The van der Waals surface area contributed by atoms with E-state index in [1.54, 1.807) is 18.4 Å². The van der Waals surface area contributed by atoms with E-state index in [0.29, 0.717) is 6.54 Å². The third-order valence-corrected chi connectivity index (χ3v) is 7.17. The number of thiazole rings is 1. The zero-order chi connectivity index (χ0) is 22.3. The molecule has 162 valence electrons. The van der Waals surface area contributed by atoms with E-state index in [2.05, 4.69) is 68.3 Å². The van der Waals surface area contributed by atoms with Gasteiger partial charge in [-0.2, -0.15) is 5.10 Å². The van der Waals surface area contributed by atoms with Crippen LogP contribution in [0.2, 0.25) is 0 Å². The minimum absolute atomic E-state index is 0.447. The van der Waals surface area contributed by atoms with Crippen molar-refractivity contribution >= 4 is 17.4 Å². The molecule has 0 amide bonds. The number of benzene rings is 2. The molecule has 0 saturated carbocycles. The Bertz CT molecular complexity index is 1430. The van der Waals surface area contributed by atoms with Crippen molar-refractivity contribution in [2.75, 3.05) is 7.11 Å². The number of imidazole rings is 1. The molecule has 5 aromatic rings. The summed E-state index contributed by atoms with van der Waals surface area (Å²) in [7, 11) is 1.68. The van der Waals surface area contributed by atoms with Crippen LogP contribution >= 0.6 is 11.3 Å². The summed E-state index contributed by atoms with van der Waals surface area (Å²) in [5.41, 5.74) is 4.97. The van der Waals surface area contributed by atoms with Gasteiger partial charge in [0.05, 0.1) is 24.4 Å². The lowest BCUT2D eigenvalue weighted by molar-refractivity contribution is 0.415. The highest BCUT2D eigenvalue weighted by atomic mass is 32.1. The average molecular weight is 452 g/mol. The summed E-state index contributed by atoms with van der Waals surface area (Å²) in [6, 6.07) is 16.6. The second-order valence-corrected chi connectivity index (χ2v) is 8.88. The van der Waals surface area contributed by atoms with Gasteiger partial charge in [0.1, 0.15) is 16.6 Å². The molecule has 1 N–H and O–H groups in total. The van der Waals surface area contributed by atoms with Crippen molar-refractivity contribution in [3.63, 3.8) is 0 Å². The van der Waals surface area contributed by atoms with Crippen LogP contribution in [0.25, 0.3) is 28.5 Å². The third kappa shape index (κ3) is 3.20. The minimum Gasteiger partial charge on any atom is -0.497 e. The van der Waals surface area contributed by atoms with Gasteiger partial charge in [0.15, 0.2) is 0 Å². The molecule has 1 atom stereocenters. The smallest absolute Gasteiger partial charge is 0.132 e. The van der Waals surface area contributed by atoms with E-state index in [1.807, 2.05) is 42.3 Å². The number of rotatable bonds is 5. The molecule has 7 heteroatoms. The molecular formula is C26H21N5OS. The zero-order valence-corrected chi connectivity index (χ0v) is 18.8. The number of methoxy groups -OCH3 is 1. The monoisotopic (exact) mass is 451 g/mol. The summed E-state index contributed by atoms with van der Waals surface area (Å²) >= 11 is 1.66. The Morgan fingerprint density at radius 3 is 2.67 bits per heavy atom. The summed E-state index contributed by atoms with van der Waals surface area (Å²) in [5.74, 6) is 1.79. The maximum Gasteiger partial charge on any atom is 0.132 e. The predicted molar refractivity (Wildman–Crippen MR) is 130 cm³/mol. The maximum atomic E-state index is 5.35. The lowest BCUT2D eigenvalue weighted by atomic mass is 9.77. The fourth-order valence-corrected chi connectivity index (χ4v) is 5.40. The first-order valence-electron chi connectivity index (χ1n) is 10.7. The van der Waals surface area contributed by atoms with Crippen molar-refractivity contribution in [1.29, 1.82) is 0 Å². The Hall–Kier alpha value is -3.97. The van der Waals surface area contributed by atoms with Crippen molar-refractivity contribution in [3.8, 4) is 28.1 Å². The Balaban J connectivity index is 1.53. The molecule has 0 fully saturated rings. The van der Waals surface area contributed by atoms with Crippen molar-refractivity contribution in [1.82, 2.24) is 24.7 Å². The van der Waals surface area contributed by atoms with E-state index in [9.17, 15) is 0 Å². The van der Waals surface area contributed by atoms with Crippen LogP contribution in [0, 0.1) is 0 Å². The Morgan fingerprint density at radius 1 is 1.03 bits per heavy atom. The molecule has 0 bridgehead atoms. The van der Waals surface area contributed by atoms with Crippen LogP contribution in [0.3, 0.4) is 0 Å². The van der Waals surface area contributed by atoms with Crippen LogP contribution in [0.1, 0.15) is 16.4 Å². The maximum absolute atomic E-state index is 5.35. The summed E-state index contributed by atoms with van der Waals surface area (Å²) in [6.45, 7) is 0.712. The summed E-state index contributed by atoms with van der Waals surface area (Å²) in [5, 5.41) is 10.9. The number of allylic oxidation sites excluding steroid dienone is 1. The topological polar surface area (TPSA) is 68.6 Å². The minimum atomic E-state index is -0.447. The highest BCUT2D eigenvalue weighted by Gasteiger charge is 2.40. The average Bonchev–Trinajstić information content (AvgIpc) is 3.65. The van der Waals surface area contributed by atoms with Gasteiger partial charge in [-0.15, -0.1) is 11.3 Å². The molecule has 6 rings (SSSR count). The molecule has 1 aliphatic rings. The molecule has 1 aliphatic heterocycles. The SMILES string of the molecule is COc1ccc(-c2ccccc2-c2[nH]ncc2C2(c3nccs3)C=Cc3nccn3C2)cc1. The lowest BCUT2D eigenvalue weighted by Crippen LogP contribution is -2.33. The van der Waals surface area contributed by atoms with Crippen molar-refractivity contribution in [2.24, 2.45) is 0 Å². The fourth-order valence-electron chi connectivity index (χ4n) is 4.58. The van der Waals surface area contributed by atoms with Gasteiger partial charge < -0.3 is 9.30 Å². The molecule has 0 radical (unpaired) electrons. The standard InChI is InChI=1S/C26H21N5OS/c1-32-19-8-6-18(7-9-19)20-4-2-3-5-21(20)24-22(16-29-30-24)26(25-28-13-15-33-25)11-10-23-27-12-14-31(23)17-26/h2-16H,17H2,1H3,(H,29,30). The number of aromatic nitrogens is 5. The molecule has 0 spiro atoms. The van der Waals surface area contributed by atoms with E-state index in [4.69, 9.17) is 9.72 Å². The normalized spacial score (nSPS) is 17.1. The van der Waals surface area contributed by atoms with Gasteiger partial charge in [0.2, 0.25) is 0 Å². The van der Waals surface area contributed by atoms with Gasteiger partial charge in [0, 0.05) is 41.6 Å². The number of nitrogens with one attached hydrogen (secondary N) is 1. The van der Waals surface area contributed by atoms with Gasteiger partial charge in [-0.1, -0.05) is 42.5 Å². The number of aromatic amines is 1. The van der Waals surface area contributed by atoms with E-state index in [1.165, 1.54) is 0 Å². The van der Waals surface area contributed by atoms with Crippen LogP contribution in [-0.2, 0) is 12.0 Å². The molecule has 0 saturated heterocycles. The van der Waals surface area contributed by atoms with Gasteiger partial charge >= 0.3 is 0 Å². The molecule has 2 aromatic carbocycles. The third-order valence-electron chi connectivity index (χ3n) is 6.22. The Labute approximate surface area is 195 Å². The quantitative estimate of drug-likeness (QED) is 0.387. The largest absolute Gasteiger partial charge is 0.497 e. The molecular weight excluding hydrogens is 430 g/mol. The van der Waals surface area contributed by atoms with E-state index >= 15 is 0 Å². The fraction of sp³-hybridized carbons (Fsp3) is 0.115. The molecule has 33 heavy (non-hydrogen) atoms. The van der Waals surface area contributed by atoms with Gasteiger partial charge in [-0.25, -0.2) is 9.97 Å². The summed E-state index contributed by atoms with van der Waals surface area (Å²) in [4.78, 5) is 9.20. The van der Waals surface area contributed by atoms with Crippen LogP contribution in [0.15, 0.2) is 84.8 Å². The highest BCUT2D eigenvalue weighted by Crippen LogP contribution is 2.45. The van der Waals surface area contributed by atoms with Crippen molar-refractivity contribution in [2.45, 2.75) is 12.0 Å². The van der Waals surface area contributed by atoms with Gasteiger partial charge in [-0.05, 0) is 29.3 Å². The van der Waals surface area contributed by atoms with Gasteiger partial charge in [-0.3, -0.25) is 5.10 Å². The highest BCUT2D eigenvalue weighted by molar-refractivity contribution is 7.09. The molecule has 0 aliphatic carbocycles. The van der Waals surface area contributed by atoms with Crippen LogP contribution in [0.5, 0.6) is 5.75 Å². The predicted octanol–water partition coefficient (Wildman–Crippen LogP) is 5.42. The molecule has 1 unspecified atom stereocenters. The van der Waals surface area contributed by atoms with Crippen LogP contribution < -0.4 is 4.74 Å². The Morgan fingerprint density at radius 2 is 1.88 bits per heavy atom. The first kappa shape index (κ1) is 19.7. The zero-order valence-electron chi connectivity index (χ0n) is 18.0. The molecule has 4 heterocycles. The first-order valence-corrected chi connectivity index (χ1v) is 11.5. The van der Waals surface area contributed by atoms with E-state index in [0.717, 1.165) is 44.5 Å². The summed E-state index contributed by atoms with van der Waals surface area (Å²) in [6.07, 6.45) is 12.0. The molecule has 6 nitrogen and oxygen atoms in total. The van der Waals surface area contributed by atoms with Crippen molar-refractivity contribution in [3.05, 3.63) is 101 Å². The van der Waals surface area contributed by atoms with Crippen molar-refractivity contribution < 1.29 is 4.74 Å². The number of hydrogen-bond donors (Lipinski definition) is 1. The van der Waals surface area contributed by atoms with Gasteiger partial charge in [0.25, 0.3) is 0 Å². The second kappa shape index (κ2) is 7.86. The number of H-pyrrole nitrogens is 1. The lowest BCUT2D eigenvalue weighted by Gasteiger charge is -2.32. The first-order chi connectivity index (χ1) is 16.3.